The number of aryl methyl sites for hydroxylation is 2. The molecule has 3 aromatic rings. The molecule has 154 valence electrons. The largest absolute Gasteiger partial charge is 0.352 e. The van der Waals surface area contributed by atoms with Crippen LogP contribution in [0.2, 0.25) is 0 Å². The van der Waals surface area contributed by atoms with E-state index in [0.29, 0.717) is 17.9 Å². The lowest BCUT2D eigenvalue weighted by molar-refractivity contribution is 0.0955. The van der Waals surface area contributed by atoms with Crippen molar-refractivity contribution in [1.82, 2.24) is 10.3 Å². The van der Waals surface area contributed by atoms with Crippen molar-refractivity contribution in [2.24, 2.45) is 0 Å². The van der Waals surface area contributed by atoms with Crippen molar-refractivity contribution in [3.63, 3.8) is 0 Å². The van der Waals surface area contributed by atoms with E-state index in [2.05, 4.69) is 48.8 Å². The predicted octanol–water partition coefficient (Wildman–Crippen LogP) is 6.22. The van der Waals surface area contributed by atoms with Gasteiger partial charge < -0.3 is 10.6 Å². The van der Waals surface area contributed by atoms with E-state index in [0.717, 1.165) is 35.0 Å². The molecule has 2 N–H and O–H groups in total. The maximum atomic E-state index is 13.0. The van der Waals surface area contributed by atoms with Gasteiger partial charge in [-0.3, -0.25) is 4.79 Å². The molecule has 1 aliphatic rings. The number of pyridine rings is 1. The normalized spacial score (nSPS) is 13.7. The highest BCUT2D eigenvalue weighted by Crippen LogP contribution is 2.25. The summed E-state index contributed by atoms with van der Waals surface area (Å²) in [5.74, 6) is 0.634. The molecule has 4 heteroatoms. The highest BCUT2D eigenvalue weighted by Gasteiger charge is 2.14. The van der Waals surface area contributed by atoms with Gasteiger partial charge in [0.15, 0.2) is 0 Å². The van der Waals surface area contributed by atoms with E-state index in [1.165, 1.54) is 30.4 Å². The van der Waals surface area contributed by atoms with Crippen molar-refractivity contribution in [2.45, 2.75) is 46.0 Å². The molecule has 0 fully saturated rings. The maximum absolute atomic E-state index is 13.0. The summed E-state index contributed by atoms with van der Waals surface area (Å²) in [6, 6.07) is 15.9. The van der Waals surface area contributed by atoms with E-state index in [1.54, 1.807) is 0 Å². The monoisotopic (exact) mass is 399 g/mol. The molecule has 0 radical (unpaired) electrons. The van der Waals surface area contributed by atoms with Crippen LogP contribution in [-0.4, -0.2) is 17.4 Å². The van der Waals surface area contributed by atoms with Gasteiger partial charge in [-0.15, -0.1) is 0 Å². The number of rotatable bonds is 6. The lowest BCUT2D eigenvalue weighted by Crippen LogP contribution is -2.25. The molecule has 0 bridgehead atoms. The fourth-order valence-corrected chi connectivity index (χ4v) is 4.08. The second kappa shape index (κ2) is 9.12. The Balaban J connectivity index is 1.56. The molecule has 0 saturated heterocycles. The van der Waals surface area contributed by atoms with E-state index < -0.39 is 0 Å². The zero-order valence-corrected chi connectivity index (χ0v) is 17.8. The molecular formula is C26H29N3O. The minimum Gasteiger partial charge on any atom is -0.352 e. The number of aromatic nitrogens is 1. The first-order valence-corrected chi connectivity index (χ1v) is 10.8. The number of fused-ring (bicyclic) bond motifs is 1. The number of amides is 1. The van der Waals surface area contributed by atoms with Crippen molar-refractivity contribution in [3.05, 3.63) is 76.9 Å². The lowest BCUT2D eigenvalue weighted by Gasteiger charge is -2.15. The van der Waals surface area contributed by atoms with Gasteiger partial charge in [0.2, 0.25) is 0 Å². The summed E-state index contributed by atoms with van der Waals surface area (Å²) >= 11 is 0. The van der Waals surface area contributed by atoms with Crippen LogP contribution in [0.5, 0.6) is 0 Å². The second-order valence-electron chi connectivity index (χ2n) is 8.13. The summed E-state index contributed by atoms with van der Waals surface area (Å²) in [5, 5.41) is 7.38. The maximum Gasteiger partial charge on any atom is 0.252 e. The first-order valence-electron chi connectivity index (χ1n) is 10.8. The van der Waals surface area contributed by atoms with Gasteiger partial charge in [-0.05, 0) is 69.7 Å². The molecule has 0 aliphatic heterocycles. The van der Waals surface area contributed by atoms with Crippen LogP contribution in [0.4, 0.5) is 11.5 Å². The smallest absolute Gasteiger partial charge is 0.252 e. The van der Waals surface area contributed by atoms with Gasteiger partial charge in [-0.25, -0.2) is 4.98 Å². The van der Waals surface area contributed by atoms with Crippen molar-refractivity contribution in [3.8, 4) is 0 Å². The van der Waals surface area contributed by atoms with Crippen molar-refractivity contribution >= 4 is 28.3 Å². The number of para-hydroxylation sites is 1. The minimum absolute atomic E-state index is 0.0475. The molecule has 0 spiro atoms. The van der Waals surface area contributed by atoms with E-state index in [9.17, 15) is 4.79 Å². The molecule has 2 aromatic carbocycles. The van der Waals surface area contributed by atoms with Crippen LogP contribution in [0.15, 0.2) is 60.2 Å². The SMILES string of the molecule is Cc1ccc(Nc2cc(C(=O)NCCC3=CCCCC3)c3ccccc3n2)c(C)c1. The molecule has 0 saturated carbocycles. The summed E-state index contributed by atoms with van der Waals surface area (Å²) in [4.78, 5) is 17.8. The first kappa shape index (κ1) is 20.1. The predicted molar refractivity (Wildman–Crippen MR) is 124 cm³/mol. The number of hydrogen-bond acceptors (Lipinski definition) is 3. The number of carbonyl (C=O) groups excluding carboxylic acids is 1. The Morgan fingerprint density at radius 3 is 2.73 bits per heavy atom. The number of benzene rings is 2. The molecule has 4 rings (SSSR count). The Morgan fingerprint density at radius 1 is 1.07 bits per heavy atom. The Labute approximate surface area is 178 Å². The Bertz CT molecular complexity index is 1100. The molecule has 1 aromatic heterocycles. The average molecular weight is 400 g/mol. The number of anilines is 2. The zero-order valence-electron chi connectivity index (χ0n) is 17.8. The van der Waals surface area contributed by atoms with E-state index in [-0.39, 0.29) is 5.91 Å². The number of allylic oxidation sites excluding steroid dienone is 1. The van der Waals surface area contributed by atoms with Crippen LogP contribution in [-0.2, 0) is 0 Å². The third-order valence-electron chi connectivity index (χ3n) is 5.72. The minimum atomic E-state index is -0.0475. The van der Waals surface area contributed by atoms with Crippen molar-refractivity contribution < 1.29 is 4.79 Å². The average Bonchev–Trinajstić information content (AvgIpc) is 2.76. The molecule has 0 unspecified atom stereocenters. The van der Waals surface area contributed by atoms with E-state index >= 15 is 0 Å². The number of nitrogens with zero attached hydrogens (tertiary/aromatic N) is 1. The van der Waals surface area contributed by atoms with Gasteiger partial charge >= 0.3 is 0 Å². The van der Waals surface area contributed by atoms with Crippen LogP contribution in [0, 0.1) is 13.8 Å². The highest BCUT2D eigenvalue weighted by atomic mass is 16.1. The van der Waals surface area contributed by atoms with E-state index in [4.69, 9.17) is 4.98 Å². The van der Waals surface area contributed by atoms with Gasteiger partial charge in [0, 0.05) is 17.6 Å². The molecule has 1 amide bonds. The number of hydrogen-bond donors (Lipinski definition) is 2. The highest BCUT2D eigenvalue weighted by molar-refractivity contribution is 6.07. The molecule has 1 aliphatic carbocycles. The number of nitrogens with one attached hydrogen (secondary N) is 2. The Kier molecular flexibility index (Phi) is 6.12. The van der Waals surface area contributed by atoms with E-state index in [1.807, 2.05) is 30.3 Å². The van der Waals surface area contributed by atoms with Gasteiger partial charge in [0.25, 0.3) is 5.91 Å². The van der Waals surface area contributed by atoms with Crippen LogP contribution in [0.1, 0.15) is 53.6 Å². The summed E-state index contributed by atoms with van der Waals surface area (Å²) < 4.78 is 0. The molecule has 1 heterocycles. The van der Waals surface area contributed by atoms with Crippen molar-refractivity contribution in [1.29, 1.82) is 0 Å². The quantitative estimate of drug-likeness (QED) is 0.484. The lowest BCUT2D eigenvalue weighted by atomic mass is 9.97. The molecular weight excluding hydrogens is 370 g/mol. The standard InChI is InChI=1S/C26H29N3O/c1-18-12-13-23(19(2)16-18)28-25-17-22(21-10-6-7-11-24(21)29-25)26(30)27-15-14-20-8-4-3-5-9-20/h6-8,10-13,16-17H,3-5,9,14-15H2,1-2H3,(H,27,30)(H,28,29). The first-order chi connectivity index (χ1) is 14.6. The molecule has 4 nitrogen and oxygen atoms in total. The summed E-state index contributed by atoms with van der Waals surface area (Å²) in [6.45, 7) is 4.82. The van der Waals surface area contributed by atoms with Crippen LogP contribution < -0.4 is 10.6 Å². The Hall–Kier alpha value is -3.14. The van der Waals surface area contributed by atoms with Gasteiger partial charge in [-0.2, -0.15) is 0 Å². The third-order valence-corrected chi connectivity index (χ3v) is 5.72. The topological polar surface area (TPSA) is 54.0 Å². The Morgan fingerprint density at radius 2 is 1.93 bits per heavy atom. The van der Waals surface area contributed by atoms with Crippen molar-refractivity contribution in [2.75, 3.05) is 11.9 Å². The third kappa shape index (κ3) is 4.70. The fourth-order valence-electron chi connectivity index (χ4n) is 4.08. The molecule has 30 heavy (non-hydrogen) atoms. The summed E-state index contributed by atoms with van der Waals surface area (Å²) in [6.07, 6.45) is 8.16. The molecule has 0 atom stereocenters. The summed E-state index contributed by atoms with van der Waals surface area (Å²) in [5.41, 5.74) is 6.31. The zero-order chi connectivity index (χ0) is 20.9. The second-order valence-corrected chi connectivity index (χ2v) is 8.13. The van der Waals surface area contributed by atoms with Gasteiger partial charge in [0.05, 0.1) is 11.1 Å². The van der Waals surface area contributed by atoms with Gasteiger partial charge in [0.1, 0.15) is 5.82 Å². The van der Waals surface area contributed by atoms with Crippen LogP contribution in [0.25, 0.3) is 10.9 Å². The number of carbonyl (C=O) groups is 1. The van der Waals surface area contributed by atoms with Crippen LogP contribution >= 0.6 is 0 Å². The van der Waals surface area contributed by atoms with Crippen LogP contribution in [0.3, 0.4) is 0 Å². The van der Waals surface area contributed by atoms with Gasteiger partial charge in [-0.1, -0.05) is 47.5 Å². The summed E-state index contributed by atoms with van der Waals surface area (Å²) in [7, 11) is 0. The fraction of sp³-hybridized carbons (Fsp3) is 0.308.